The quantitative estimate of drug-likeness (QED) is 0.437. The Balaban J connectivity index is 3.09. The van der Waals surface area contributed by atoms with Gasteiger partial charge in [0.25, 0.3) is 0 Å². The first kappa shape index (κ1) is 22.6. The van der Waals surface area contributed by atoms with E-state index in [4.69, 9.17) is 14.3 Å². The Morgan fingerprint density at radius 2 is 1.80 bits per heavy atom. The topological polar surface area (TPSA) is 34.1 Å². The molecule has 0 aromatic rings. The predicted octanol–water partition coefficient (Wildman–Crippen LogP) is 5.16. The van der Waals surface area contributed by atoms with Gasteiger partial charge in [-0.25, -0.2) is 0 Å². The van der Waals surface area contributed by atoms with Crippen molar-refractivity contribution in [3.05, 3.63) is 0 Å². The van der Waals surface area contributed by atoms with Crippen molar-refractivity contribution in [2.24, 2.45) is 16.4 Å². The van der Waals surface area contributed by atoms with Crippen LogP contribution in [0, 0.1) is 11.3 Å². The van der Waals surface area contributed by atoms with E-state index in [2.05, 4.69) is 66.2 Å². The van der Waals surface area contributed by atoms with Crippen molar-refractivity contribution in [1.29, 1.82) is 0 Å². The second-order valence-corrected chi connectivity index (χ2v) is 14.5. The second-order valence-electron chi connectivity index (χ2n) is 10.0. The lowest BCUT2D eigenvalue weighted by Crippen LogP contribution is -2.51. The van der Waals surface area contributed by atoms with Gasteiger partial charge in [-0.3, -0.25) is 5.01 Å². The number of hydrogen-bond acceptors (Lipinski definition) is 4. The summed E-state index contributed by atoms with van der Waals surface area (Å²) in [7, 11) is 0.117. The highest BCUT2D eigenvalue weighted by molar-refractivity contribution is 6.69. The van der Waals surface area contributed by atoms with Crippen molar-refractivity contribution in [2.45, 2.75) is 92.1 Å². The molecule has 1 aliphatic rings. The van der Waals surface area contributed by atoms with Crippen LogP contribution in [-0.4, -0.2) is 50.9 Å². The van der Waals surface area contributed by atoms with E-state index < -0.39 is 8.32 Å². The van der Waals surface area contributed by atoms with Crippen LogP contribution in [0.25, 0.3) is 0 Å². The Kier molecular flexibility index (Phi) is 7.73. The number of rotatable bonds is 8. The van der Waals surface area contributed by atoms with Gasteiger partial charge in [0, 0.05) is 25.8 Å². The number of nitrogens with zero attached hydrogens (tertiary/aromatic N) is 2. The lowest BCUT2D eigenvalue weighted by Gasteiger charge is -2.46. The standard InChI is InChI=1S/C20H42N2O2Si/c1-16(2)18(21-22-13-11-12-17(22)15-23-7)14-20(6,19(3,4)5)24-25(8,9)10/h16-17H,11-15H2,1-10H3/b21-18-/t17-,20?/m0/s1. The van der Waals surface area contributed by atoms with E-state index in [0.717, 1.165) is 19.6 Å². The minimum Gasteiger partial charge on any atom is -0.412 e. The van der Waals surface area contributed by atoms with Crippen LogP contribution in [0.5, 0.6) is 0 Å². The van der Waals surface area contributed by atoms with Gasteiger partial charge in [0.05, 0.1) is 18.2 Å². The molecule has 0 aromatic heterocycles. The van der Waals surface area contributed by atoms with E-state index in [1.54, 1.807) is 7.11 Å². The number of hydrogen-bond donors (Lipinski definition) is 0. The van der Waals surface area contributed by atoms with Crippen LogP contribution in [0.2, 0.25) is 19.6 Å². The monoisotopic (exact) mass is 370 g/mol. The van der Waals surface area contributed by atoms with E-state index in [1.165, 1.54) is 18.6 Å². The normalized spacial score (nSPS) is 22.6. The molecule has 2 atom stereocenters. The zero-order chi connectivity index (χ0) is 19.5. The molecule has 0 radical (unpaired) electrons. The summed E-state index contributed by atoms with van der Waals surface area (Å²) >= 11 is 0. The molecule has 1 rings (SSSR count). The molecular formula is C20H42N2O2Si. The van der Waals surface area contributed by atoms with Crippen LogP contribution in [0.3, 0.4) is 0 Å². The number of methoxy groups -OCH3 is 1. The Hall–Kier alpha value is -0.393. The molecule has 0 N–H and O–H groups in total. The van der Waals surface area contributed by atoms with Gasteiger partial charge in [-0.05, 0) is 50.7 Å². The number of hydrazone groups is 1. The van der Waals surface area contributed by atoms with Crippen LogP contribution in [-0.2, 0) is 9.16 Å². The highest BCUT2D eigenvalue weighted by Gasteiger charge is 2.43. The number of ether oxygens (including phenoxy) is 1. The summed E-state index contributed by atoms with van der Waals surface area (Å²) in [6.45, 7) is 22.3. The van der Waals surface area contributed by atoms with Gasteiger partial charge in [0.2, 0.25) is 0 Å². The minimum absolute atomic E-state index is 0.0554. The lowest BCUT2D eigenvalue weighted by molar-refractivity contribution is -0.0183. The Morgan fingerprint density at radius 1 is 1.20 bits per heavy atom. The molecule has 0 aliphatic carbocycles. The third-order valence-electron chi connectivity index (χ3n) is 5.26. The Bertz CT molecular complexity index is 452. The van der Waals surface area contributed by atoms with Gasteiger partial charge in [-0.15, -0.1) is 0 Å². The predicted molar refractivity (Wildman–Crippen MR) is 111 cm³/mol. The molecule has 0 bridgehead atoms. The van der Waals surface area contributed by atoms with Gasteiger partial charge in [-0.1, -0.05) is 34.6 Å². The van der Waals surface area contributed by atoms with Crippen LogP contribution < -0.4 is 0 Å². The average Bonchev–Trinajstić information content (AvgIpc) is 2.82. The molecule has 1 saturated heterocycles. The fourth-order valence-corrected chi connectivity index (χ4v) is 5.04. The summed E-state index contributed by atoms with van der Waals surface area (Å²) in [5.41, 5.74) is 1.09. The summed E-state index contributed by atoms with van der Waals surface area (Å²) in [6, 6.07) is 0.414. The van der Waals surface area contributed by atoms with E-state index >= 15 is 0 Å². The molecular weight excluding hydrogens is 328 g/mol. The van der Waals surface area contributed by atoms with E-state index in [1.807, 2.05) is 0 Å². The van der Waals surface area contributed by atoms with Crippen LogP contribution in [0.4, 0.5) is 0 Å². The first-order chi connectivity index (χ1) is 11.3. The summed E-state index contributed by atoms with van der Waals surface area (Å²) in [6.07, 6.45) is 3.25. The zero-order valence-corrected chi connectivity index (χ0v) is 19.4. The van der Waals surface area contributed by atoms with Crippen molar-refractivity contribution in [3.8, 4) is 0 Å². The fourth-order valence-electron chi connectivity index (χ4n) is 3.31. The van der Waals surface area contributed by atoms with Gasteiger partial charge in [0.15, 0.2) is 8.32 Å². The molecule has 0 amide bonds. The lowest BCUT2D eigenvalue weighted by atomic mass is 9.74. The van der Waals surface area contributed by atoms with Crippen molar-refractivity contribution in [2.75, 3.05) is 20.3 Å². The minimum atomic E-state index is -1.66. The molecule has 4 nitrogen and oxygen atoms in total. The molecule has 25 heavy (non-hydrogen) atoms. The van der Waals surface area contributed by atoms with Gasteiger partial charge < -0.3 is 9.16 Å². The fraction of sp³-hybridized carbons (Fsp3) is 0.950. The molecule has 0 aromatic carbocycles. The second kappa shape index (κ2) is 8.53. The van der Waals surface area contributed by atoms with E-state index in [0.29, 0.717) is 12.0 Å². The highest BCUT2D eigenvalue weighted by atomic mass is 28.4. The third-order valence-corrected chi connectivity index (χ3v) is 6.33. The Labute approximate surface area is 157 Å². The molecule has 1 aliphatic heterocycles. The summed E-state index contributed by atoms with van der Waals surface area (Å²) in [5, 5.41) is 7.37. The maximum atomic E-state index is 6.72. The summed E-state index contributed by atoms with van der Waals surface area (Å²) in [5.74, 6) is 0.413. The molecule has 148 valence electrons. The van der Waals surface area contributed by atoms with Crippen LogP contribution >= 0.6 is 0 Å². The SMILES string of the molecule is COC[C@@H]1CCCN1/N=C(/CC(C)(O[Si](C)(C)C)C(C)(C)C)C(C)C. The van der Waals surface area contributed by atoms with Gasteiger partial charge in [0.1, 0.15) is 0 Å². The van der Waals surface area contributed by atoms with E-state index in [9.17, 15) is 0 Å². The molecule has 0 saturated carbocycles. The summed E-state index contributed by atoms with van der Waals surface area (Å²) in [4.78, 5) is 0. The van der Waals surface area contributed by atoms with Crippen LogP contribution in [0.1, 0.15) is 60.8 Å². The maximum absolute atomic E-state index is 6.72. The van der Waals surface area contributed by atoms with Crippen molar-refractivity contribution in [1.82, 2.24) is 5.01 Å². The molecule has 1 heterocycles. The van der Waals surface area contributed by atoms with E-state index in [-0.39, 0.29) is 11.0 Å². The average molecular weight is 371 g/mol. The third kappa shape index (κ3) is 6.68. The molecule has 1 fully saturated rings. The Morgan fingerprint density at radius 3 is 2.24 bits per heavy atom. The maximum Gasteiger partial charge on any atom is 0.184 e. The first-order valence-corrected chi connectivity index (χ1v) is 13.2. The largest absolute Gasteiger partial charge is 0.412 e. The van der Waals surface area contributed by atoms with Crippen LogP contribution in [0.15, 0.2) is 5.10 Å². The van der Waals surface area contributed by atoms with Gasteiger partial charge >= 0.3 is 0 Å². The smallest absolute Gasteiger partial charge is 0.184 e. The zero-order valence-electron chi connectivity index (χ0n) is 18.4. The van der Waals surface area contributed by atoms with Crippen molar-refractivity contribution < 1.29 is 9.16 Å². The highest BCUT2D eigenvalue weighted by Crippen LogP contribution is 2.40. The van der Waals surface area contributed by atoms with Gasteiger partial charge in [-0.2, -0.15) is 5.10 Å². The van der Waals surface area contributed by atoms with Crippen molar-refractivity contribution >= 4 is 14.0 Å². The molecule has 5 heteroatoms. The summed E-state index contributed by atoms with van der Waals surface area (Å²) < 4.78 is 12.1. The first-order valence-electron chi connectivity index (χ1n) is 9.82. The molecule has 1 unspecified atom stereocenters. The molecule has 0 spiro atoms. The van der Waals surface area contributed by atoms with Crippen molar-refractivity contribution in [3.63, 3.8) is 0 Å².